The number of nitrogens with one attached hydrogen (secondary N) is 1. The minimum Gasteiger partial charge on any atom is -0.497 e. The lowest BCUT2D eigenvalue weighted by molar-refractivity contribution is 0.0698. The monoisotopic (exact) mass is 312 g/mol. The van der Waals surface area contributed by atoms with Crippen LogP contribution in [0.4, 0.5) is 15.9 Å². The Morgan fingerprint density at radius 2 is 2.00 bits per heavy atom. The number of anilines is 2. The van der Waals surface area contributed by atoms with Crippen LogP contribution in [-0.4, -0.2) is 23.2 Å². The molecule has 0 fully saturated rings. The lowest BCUT2D eigenvalue weighted by Crippen LogP contribution is -2.06. The predicted molar refractivity (Wildman–Crippen MR) is 84.9 cm³/mol. The Hall–Kier alpha value is -3.15. The summed E-state index contributed by atoms with van der Waals surface area (Å²) in [5.41, 5.74) is 0.670. The topological polar surface area (TPSA) is 71.5 Å². The summed E-state index contributed by atoms with van der Waals surface area (Å²) in [4.78, 5) is 15.8. The van der Waals surface area contributed by atoms with Gasteiger partial charge in [0.1, 0.15) is 22.9 Å². The third kappa shape index (κ3) is 2.91. The van der Waals surface area contributed by atoms with Gasteiger partial charge in [0, 0.05) is 11.5 Å². The summed E-state index contributed by atoms with van der Waals surface area (Å²) in [5.74, 6) is -0.960. The second-order valence-corrected chi connectivity index (χ2v) is 4.85. The van der Waals surface area contributed by atoms with Crippen molar-refractivity contribution < 1.29 is 19.0 Å². The van der Waals surface area contributed by atoms with Gasteiger partial charge in [-0.05, 0) is 30.3 Å². The average molecular weight is 312 g/mol. The SMILES string of the molecule is COc1ccc2cc(C(=O)O)c(Nc3ccccc3F)nc2c1. The van der Waals surface area contributed by atoms with Crippen molar-refractivity contribution in [3.05, 3.63) is 59.9 Å². The van der Waals surface area contributed by atoms with Crippen molar-refractivity contribution >= 4 is 28.4 Å². The van der Waals surface area contributed by atoms with Crippen molar-refractivity contribution in [2.45, 2.75) is 0 Å². The molecular formula is C17H13FN2O3. The van der Waals surface area contributed by atoms with Gasteiger partial charge in [-0.15, -0.1) is 0 Å². The van der Waals surface area contributed by atoms with Gasteiger partial charge < -0.3 is 15.2 Å². The fourth-order valence-electron chi connectivity index (χ4n) is 2.22. The number of aromatic nitrogens is 1. The van der Waals surface area contributed by atoms with Crippen molar-refractivity contribution in [2.75, 3.05) is 12.4 Å². The van der Waals surface area contributed by atoms with Gasteiger partial charge in [0.15, 0.2) is 0 Å². The summed E-state index contributed by atoms with van der Waals surface area (Å²) in [6.07, 6.45) is 0. The minimum absolute atomic E-state index is 0.0362. The highest BCUT2D eigenvalue weighted by Crippen LogP contribution is 2.27. The maximum absolute atomic E-state index is 13.8. The molecule has 0 bridgehead atoms. The number of methoxy groups -OCH3 is 1. The van der Waals surface area contributed by atoms with Crippen LogP contribution in [0, 0.1) is 5.82 Å². The number of halogens is 1. The van der Waals surface area contributed by atoms with Crippen LogP contribution < -0.4 is 10.1 Å². The van der Waals surface area contributed by atoms with E-state index >= 15 is 0 Å². The predicted octanol–water partition coefficient (Wildman–Crippen LogP) is 3.82. The Labute approximate surface area is 131 Å². The number of pyridine rings is 1. The molecule has 2 N–H and O–H groups in total. The van der Waals surface area contributed by atoms with Gasteiger partial charge >= 0.3 is 5.97 Å². The van der Waals surface area contributed by atoms with Gasteiger partial charge in [0.2, 0.25) is 0 Å². The molecule has 0 aliphatic carbocycles. The number of nitrogens with zero attached hydrogens (tertiary/aromatic N) is 1. The minimum atomic E-state index is -1.14. The normalized spacial score (nSPS) is 10.5. The van der Waals surface area contributed by atoms with Crippen molar-refractivity contribution in [1.29, 1.82) is 0 Å². The van der Waals surface area contributed by atoms with Crippen LogP contribution >= 0.6 is 0 Å². The van der Waals surface area contributed by atoms with Crippen LogP contribution in [0.5, 0.6) is 5.75 Å². The van der Waals surface area contributed by atoms with Crippen LogP contribution in [0.1, 0.15) is 10.4 Å². The molecule has 5 nitrogen and oxygen atoms in total. The highest BCUT2D eigenvalue weighted by Gasteiger charge is 2.15. The first-order valence-electron chi connectivity index (χ1n) is 6.82. The summed E-state index contributed by atoms with van der Waals surface area (Å²) >= 11 is 0. The number of hydrogen-bond acceptors (Lipinski definition) is 4. The fourth-order valence-corrected chi connectivity index (χ4v) is 2.22. The number of aromatic carboxylic acids is 1. The molecule has 6 heteroatoms. The number of ether oxygens (including phenoxy) is 1. The third-order valence-electron chi connectivity index (χ3n) is 3.38. The van der Waals surface area contributed by atoms with Gasteiger partial charge in [0.25, 0.3) is 0 Å². The summed E-state index contributed by atoms with van der Waals surface area (Å²) in [5, 5.41) is 12.8. The van der Waals surface area contributed by atoms with Gasteiger partial charge in [-0.2, -0.15) is 0 Å². The van der Waals surface area contributed by atoms with Crippen LogP contribution in [0.2, 0.25) is 0 Å². The molecule has 0 atom stereocenters. The largest absolute Gasteiger partial charge is 0.497 e. The van der Waals surface area contributed by atoms with E-state index in [1.807, 2.05) is 0 Å². The lowest BCUT2D eigenvalue weighted by Gasteiger charge is -2.11. The molecule has 23 heavy (non-hydrogen) atoms. The molecule has 2 aromatic carbocycles. The van der Waals surface area contributed by atoms with E-state index in [9.17, 15) is 14.3 Å². The van der Waals surface area contributed by atoms with E-state index in [2.05, 4.69) is 10.3 Å². The highest BCUT2D eigenvalue weighted by molar-refractivity contribution is 5.99. The summed E-state index contributed by atoms with van der Waals surface area (Å²) in [6.45, 7) is 0. The molecule has 1 aromatic heterocycles. The van der Waals surface area contributed by atoms with E-state index in [0.717, 1.165) is 0 Å². The third-order valence-corrected chi connectivity index (χ3v) is 3.38. The number of carbonyl (C=O) groups is 1. The molecular weight excluding hydrogens is 299 g/mol. The van der Waals surface area contributed by atoms with Crippen molar-refractivity contribution in [1.82, 2.24) is 4.98 Å². The van der Waals surface area contributed by atoms with Crippen LogP contribution in [0.25, 0.3) is 10.9 Å². The van der Waals surface area contributed by atoms with Crippen LogP contribution in [0.3, 0.4) is 0 Å². The number of para-hydroxylation sites is 1. The zero-order valence-electron chi connectivity index (χ0n) is 12.2. The Bertz CT molecular complexity index is 896. The quantitative estimate of drug-likeness (QED) is 0.766. The zero-order valence-corrected chi connectivity index (χ0v) is 12.2. The lowest BCUT2D eigenvalue weighted by atomic mass is 10.1. The standard InChI is InChI=1S/C17H13FN2O3/c1-23-11-7-6-10-8-12(17(21)22)16(20-15(10)9-11)19-14-5-3-2-4-13(14)18/h2-9H,1H3,(H,19,20)(H,21,22). The van der Waals surface area contributed by atoms with E-state index in [1.54, 1.807) is 30.3 Å². The highest BCUT2D eigenvalue weighted by atomic mass is 19.1. The molecule has 116 valence electrons. The van der Waals surface area contributed by atoms with Crippen molar-refractivity contribution in [2.24, 2.45) is 0 Å². The number of rotatable bonds is 4. The molecule has 0 unspecified atom stereocenters. The average Bonchev–Trinajstić information content (AvgIpc) is 2.55. The molecule has 0 aliphatic heterocycles. The first-order valence-corrected chi connectivity index (χ1v) is 6.82. The summed E-state index contributed by atoms with van der Waals surface area (Å²) in [7, 11) is 1.53. The zero-order chi connectivity index (χ0) is 16.4. The first kappa shape index (κ1) is 14.8. The van der Waals surface area contributed by atoms with E-state index in [0.29, 0.717) is 16.7 Å². The second-order valence-electron chi connectivity index (χ2n) is 4.85. The Morgan fingerprint density at radius 3 is 2.70 bits per heavy atom. The number of carboxylic acid groups (broad SMARTS) is 1. The molecule has 0 amide bonds. The van der Waals surface area contributed by atoms with Crippen molar-refractivity contribution in [3.63, 3.8) is 0 Å². The van der Waals surface area contributed by atoms with Crippen molar-refractivity contribution in [3.8, 4) is 5.75 Å². The Kier molecular flexibility index (Phi) is 3.80. The molecule has 0 saturated carbocycles. The number of hydrogen-bond donors (Lipinski definition) is 2. The van der Waals surface area contributed by atoms with E-state index in [1.165, 1.54) is 25.3 Å². The van der Waals surface area contributed by atoms with E-state index in [-0.39, 0.29) is 17.1 Å². The molecule has 0 spiro atoms. The van der Waals surface area contributed by atoms with Crippen LogP contribution in [0.15, 0.2) is 48.5 Å². The van der Waals surface area contributed by atoms with Crippen LogP contribution in [-0.2, 0) is 0 Å². The van der Waals surface area contributed by atoms with E-state index in [4.69, 9.17) is 4.74 Å². The molecule has 3 rings (SSSR count). The van der Waals surface area contributed by atoms with Gasteiger partial charge in [0.05, 0.1) is 18.3 Å². The van der Waals surface area contributed by atoms with Gasteiger partial charge in [-0.25, -0.2) is 14.2 Å². The smallest absolute Gasteiger partial charge is 0.339 e. The first-order chi connectivity index (χ1) is 11.1. The van der Waals surface area contributed by atoms with Gasteiger partial charge in [-0.3, -0.25) is 0 Å². The maximum atomic E-state index is 13.8. The summed E-state index contributed by atoms with van der Waals surface area (Å²) in [6, 6.07) is 12.6. The Balaban J connectivity index is 2.14. The Morgan fingerprint density at radius 1 is 1.22 bits per heavy atom. The number of benzene rings is 2. The molecule has 0 saturated heterocycles. The van der Waals surface area contributed by atoms with Gasteiger partial charge in [-0.1, -0.05) is 12.1 Å². The fraction of sp³-hybridized carbons (Fsp3) is 0.0588. The number of carboxylic acids is 1. The molecule has 1 heterocycles. The molecule has 0 radical (unpaired) electrons. The number of fused-ring (bicyclic) bond motifs is 1. The summed E-state index contributed by atoms with van der Waals surface area (Å²) < 4.78 is 18.9. The molecule has 3 aromatic rings. The van der Waals surface area contributed by atoms with E-state index < -0.39 is 11.8 Å². The second kappa shape index (κ2) is 5.92. The maximum Gasteiger partial charge on any atom is 0.339 e. The molecule has 0 aliphatic rings.